The summed E-state index contributed by atoms with van der Waals surface area (Å²) in [5.41, 5.74) is 1.30. The van der Waals surface area contributed by atoms with Gasteiger partial charge in [0.2, 0.25) is 0 Å². The van der Waals surface area contributed by atoms with Crippen molar-refractivity contribution in [1.29, 1.82) is 0 Å². The Morgan fingerprint density at radius 3 is 2.48 bits per heavy atom. The second-order valence-electron chi connectivity index (χ2n) is 5.46. The van der Waals surface area contributed by atoms with Crippen LogP contribution >= 0.6 is 0 Å². The van der Waals surface area contributed by atoms with Gasteiger partial charge >= 0.3 is 0 Å². The number of aryl methyl sites for hydroxylation is 1. The minimum absolute atomic E-state index is 0.0439. The minimum Gasteiger partial charge on any atom is -0.484 e. The molecule has 1 saturated heterocycles. The van der Waals surface area contributed by atoms with Gasteiger partial charge in [-0.2, -0.15) is 0 Å². The number of carbonyl (C=O) groups excluding carboxylic acids is 2. The molecule has 0 unspecified atom stereocenters. The third-order valence-electron chi connectivity index (χ3n) is 3.78. The molecular weight excluding hydrogens is 266 g/mol. The largest absolute Gasteiger partial charge is 0.484 e. The molecule has 0 bridgehead atoms. The Bertz CT molecular complexity index is 471. The molecule has 0 radical (unpaired) electrons. The highest BCUT2D eigenvalue weighted by atomic mass is 16.5. The molecule has 1 amide bonds. The van der Waals surface area contributed by atoms with Crippen molar-refractivity contribution < 1.29 is 14.3 Å². The number of nitrogens with zero attached hydrogens (tertiary/aromatic N) is 1. The monoisotopic (exact) mass is 289 g/mol. The van der Waals surface area contributed by atoms with E-state index in [-0.39, 0.29) is 18.3 Å². The van der Waals surface area contributed by atoms with Crippen molar-refractivity contribution in [2.75, 3.05) is 19.7 Å². The Morgan fingerprint density at radius 2 is 1.86 bits per heavy atom. The predicted octanol–water partition coefficient (Wildman–Crippen LogP) is 2.60. The summed E-state index contributed by atoms with van der Waals surface area (Å²) in [5, 5.41) is 0. The lowest BCUT2D eigenvalue weighted by Gasteiger charge is -2.25. The first kappa shape index (κ1) is 15.5. The second kappa shape index (κ2) is 7.81. The molecular formula is C17H23NO3. The van der Waals surface area contributed by atoms with Crippen molar-refractivity contribution in [3.05, 3.63) is 29.8 Å². The van der Waals surface area contributed by atoms with E-state index >= 15 is 0 Å². The van der Waals surface area contributed by atoms with E-state index in [2.05, 4.69) is 19.1 Å². The zero-order valence-corrected chi connectivity index (χ0v) is 12.6. The molecule has 1 aliphatic rings. The summed E-state index contributed by atoms with van der Waals surface area (Å²) in [6.07, 6.45) is 4.39. The fourth-order valence-electron chi connectivity index (χ4n) is 2.38. The smallest absolute Gasteiger partial charge is 0.260 e. The molecule has 1 aromatic carbocycles. The van der Waals surface area contributed by atoms with Gasteiger partial charge < -0.3 is 9.64 Å². The van der Waals surface area contributed by atoms with Gasteiger partial charge in [0.05, 0.1) is 0 Å². The maximum Gasteiger partial charge on any atom is 0.260 e. The van der Waals surface area contributed by atoms with Crippen LogP contribution in [0.25, 0.3) is 0 Å². The summed E-state index contributed by atoms with van der Waals surface area (Å²) in [6, 6.07) is 7.93. The van der Waals surface area contributed by atoms with Gasteiger partial charge in [-0.05, 0) is 30.5 Å². The fraction of sp³-hybridized carbons (Fsp3) is 0.529. The fourth-order valence-corrected chi connectivity index (χ4v) is 2.38. The van der Waals surface area contributed by atoms with Crippen LogP contribution in [0.4, 0.5) is 0 Å². The van der Waals surface area contributed by atoms with E-state index in [9.17, 15) is 9.59 Å². The lowest BCUT2D eigenvalue weighted by Crippen LogP contribution is -2.41. The molecule has 2 rings (SSSR count). The maximum atomic E-state index is 12.0. The van der Waals surface area contributed by atoms with E-state index in [0.717, 1.165) is 12.2 Å². The number of hydrogen-bond acceptors (Lipinski definition) is 3. The van der Waals surface area contributed by atoms with Crippen LogP contribution in [-0.4, -0.2) is 36.3 Å². The third kappa shape index (κ3) is 4.88. The highest BCUT2D eigenvalue weighted by Crippen LogP contribution is 2.14. The van der Waals surface area contributed by atoms with E-state index in [1.807, 2.05) is 12.1 Å². The van der Waals surface area contributed by atoms with E-state index in [1.54, 1.807) is 4.90 Å². The first-order valence-corrected chi connectivity index (χ1v) is 7.70. The van der Waals surface area contributed by atoms with Crippen LogP contribution in [0.3, 0.4) is 0 Å². The topological polar surface area (TPSA) is 46.6 Å². The number of ketones is 1. The number of amides is 1. The summed E-state index contributed by atoms with van der Waals surface area (Å²) in [7, 11) is 0. The van der Waals surface area contributed by atoms with Gasteiger partial charge in [0.25, 0.3) is 5.91 Å². The number of likely N-dealkylation sites (tertiary alicyclic amines) is 1. The molecule has 21 heavy (non-hydrogen) atoms. The van der Waals surface area contributed by atoms with Crippen LogP contribution in [0.5, 0.6) is 5.75 Å². The summed E-state index contributed by atoms with van der Waals surface area (Å²) >= 11 is 0. The lowest BCUT2D eigenvalue weighted by atomic mass is 10.1. The Morgan fingerprint density at radius 1 is 1.19 bits per heavy atom. The highest BCUT2D eigenvalue weighted by Gasteiger charge is 2.20. The molecule has 1 aromatic rings. The quantitative estimate of drug-likeness (QED) is 0.808. The molecule has 0 saturated carbocycles. The number of hydrogen-bond donors (Lipinski definition) is 0. The molecule has 4 heteroatoms. The van der Waals surface area contributed by atoms with E-state index in [0.29, 0.717) is 25.9 Å². The Labute approximate surface area is 126 Å². The first-order valence-electron chi connectivity index (χ1n) is 7.70. The summed E-state index contributed by atoms with van der Waals surface area (Å²) in [5.74, 6) is 0.914. The van der Waals surface area contributed by atoms with Crippen molar-refractivity contribution in [3.8, 4) is 5.75 Å². The van der Waals surface area contributed by atoms with Gasteiger partial charge in [0, 0.05) is 25.9 Å². The van der Waals surface area contributed by atoms with Gasteiger partial charge in [0.15, 0.2) is 6.61 Å². The van der Waals surface area contributed by atoms with Crippen LogP contribution in [-0.2, 0) is 16.0 Å². The predicted molar refractivity (Wildman–Crippen MR) is 81.4 cm³/mol. The normalized spacial score (nSPS) is 15.1. The zero-order chi connectivity index (χ0) is 15.1. The van der Waals surface area contributed by atoms with Gasteiger partial charge in [-0.3, -0.25) is 9.59 Å². The summed E-state index contributed by atoms with van der Waals surface area (Å²) in [6.45, 7) is 3.27. The van der Waals surface area contributed by atoms with Gasteiger partial charge in [-0.1, -0.05) is 25.5 Å². The molecule has 1 fully saturated rings. The molecule has 1 aliphatic heterocycles. The Hall–Kier alpha value is -1.84. The Kier molecular flexibility index (Phi) is 5.78. The minimum atomic E-state index is -0.0439. The molecule has 0 aromatic heterocycles. The zero-order valence-electron chi connectivity index (χ0n) is 12.6. The SMILES string of the molecule is CCCCc1ccc(OCC(=O)N2CCC(=O)CC2)cc1. The number of benzene rings is 1. The van der Waals surface area contributed by atoms with E-state index in [1.165, 1.54) is 18.4 Å². The molecule has 0 atom stereocenters. The van der Waals surface area contributed by atoms with Crippen LogP contribution in [0, 0.1) is 0 Å². The maximum absolute atomic E-state index is 12.0. The molecule has 114 valence electrons. The number of carbonyl (C=O) groups is 2. The molecule has 0 spiro atoms. The molecule has 0 N–H and O–H groups in total. The van der Waals surface area contributed by atoms with Crippen LogP contribution in [0.15, 0.2) is 24.3 Å². The molecule has 1 heterocycles. The van der Waals surface area contributed by atoms with E-state index < -0.39 is 0 Å². The first-order chi connectivity index (χ1) is 10.2. The van der Waals surface area contributed by atoms with Gasteiger partial charge in [-0.25, -0.2) is 0 Å². The highest BCUT2D eigenvalue weighted by molar-refractivity contribution is 5.83. The van der Waals surface area contributed by atoms with Crippen LogP contribution in [0.1, 0.15) is 38.2 Å². The van der Waals surface area contributed by atoms with E-state index in [4.69, 9.17) is 4.74 Å². The average Bonchev–Trinajstić information content (AvgIpc) is 2.52. The summed E-state index contributed by atoms with van der Waals surface area (Å²) < 4.78 is 5.53. The van der Waals surface area contributed by atoms with Gasteiger partial charge in [-0.15, -0.1) is 0 Å². The van der Waals surface area contributed by atoms with Crippen LogP contribution in [0.2, 0.25) is 0 Å². The Balaban J connectivity index is 1.77. The summed E-state index contributed by atoms with van der Waals surface area (Å²) in [4.78, 5) is 24.8. The average molecular weight is 289 g/mol. The van der Waals surface area contributed by atoms with Crippen molar-refractivity contribution in [2.24, 2.45) is 0 Å². The standard InChI is InChI=1S/C17H23NO3/c1-2-3-4-14-5-7-16(8-6-14)21-13-17(20)18-11-9-15(19)10-12-18/h5-8H,2-4,9-13H2,1H3. The van der Waals surface area contributed by atoms with Crippen molar-refractivity contribution in [1.82, 2.24) is 4.90 Å². The van der Waals surface area contributed by atoms with Gasteiger partial charge in [0.1, 0.15) is 11.5 Å². The number of ether oxygens (including phenoxy) is 1. The number of Topliss-reactive ketones (excluding diaryl/α,β-unsaturated/α-hetero) is 1. The van der Waals surface area contributed by atoms with Crippen molar-refractivity contribution in [3.63, 3.8) is 0 Å². The van der Waals surface area contributed by atoms with Crippen molar-refractivity contribution in [2.45, 2.75) is 39.0 Å². The number of unbranched alkanes of at least 4 members (excludes halogenated alkanes) is 1. The third-order valence-corrected chi connectivity index (χ3v) is 3.78. The number of piperidine rings is 1. The second-order valence-corrected chi connectivity index (χ2v) is 5.46. The number of rotatable bonds is 6. The lowest BCUT2D eigenvalue weighted by molar-refractivity contribution is -0.136. The van der Waals surface area contributed by atoms with Crippen LogP contribution < -0.4 is 4.74 Å². The molecule has 4 nitrogen and oxygen atoms in total. The molecule has 0 aliphatic carbocycles. The van der Waals surface area contributed by atoms with Crippen molar-refractivity contribution >= 4 is 11.7 Å².